The molecule has 162 valence electrons. The van der Waals surface area contributed by atoms with E-state index in [1.54, 1.807) is 0 Å². The number of nitrogens with zero attached hydrogens (tertiary/aromatic N) is 1. The summed E-state index contributed by atoms with van der Waals surface area (Å²) in [5.41, 5.74) is 0.187. The van der Waals surface area contributed by atoms with Crippen LogP contribution in [0.25, 0.3) is 0 Å². The van der Waals surface area contributed by atoms with Crippen molar-refractivity contribution in [3.05, 3.63) is 24.4 Å². The number of fused-ring (bicyclic) bond motifs is 2. The number of carbonyl (C=O) groups is 1. The van der Waals surface area contributed by atoms with E-state index in [9.17, 15) is 4.79 Å². The Morgan fingerprint density at radius 1 is 1.30 bits per heavy atom. The monoisotopic (exact) mass is 413 g/mol. The molecule has 4 heterocycles. The summed E-state index contributed by atoms with van der Waals surface area (Å²) >= 11 is 0. The van der Waals surface area contributed by atoms with Gasteiger partial charge in [0.05, 0.1) is 18.8 Å². The van der Waals surface area contributed by atoms with Crippen molar-refractivity contribution < 1.29 is 24.2 Å². The maximum absolute atomic E-state index is 12.9. The molecule has 0 bridgehead atoms. The van der Waals surface area contributed by atoms with E-state index in [1.807, 2.05) is 12.3 Å². The SMILES string of the molecule is C[C@H]1CCC[C@]2(C)C[C@H]3OC(=O)[C@H](C[NH+]4CCN(c5cccc[nH+]5)CC4)[C@H]3[C@H]3O[C@@]312. The average molecular weight is 414 g/mol. The van der Waals surface area contributed by atoms with E-state index in [-0.39, 0.29) is 41.0 Å². The molecule has 7 atom stereocenters. The third-order valence-electron chi connectivity index (χ3n) is 9.21. The van der Waals surface area contributed by atoms with Crippen LogP contribution in [0.5, 0.6) is 0 Å². The lowest BCUT2D eigenvalue weighted by Crippen LogP contribution is -3.15. The Bertz CT molecular complexity index is 826. The molecule has 3 aliphatic heterocycles. The predicted octanol–water partition coefficient (Wildman–Crippen LogP) is 0.731. The Morgan fingerprint density at radius 3 is 2.90 bits per heavy atom. The van der Waals surface area contributed by atoms with Gasteiger partial charge in [0.15, 0.2) is 0 Å². The van der Waals surface area contributed by atoms with E-state index >= 15 is 0 Å². The van der Waals surface area contributed by atoms with Crippen LogP contribution in [0.1, 0.15) is 39.5 Å². The van der Waals surface area contributed by atoms with E-state index in [4.69, 9.17) is 9.47 Å². The second kappa shape index (κ2) is 6.67. The van der Waals surface area contributed by atoms with Gasteiger partial charge in [-0.05, 0) is 31.2 Å². The Morgan fingerprint density at radius 2 is 2.13 bits per heavy atom. The minimum absolute atomic E-state index is 0.00268. The van der Waals surface area contributed by atoms with Crippen LogP contribution in [0.2, 0.25) is 0 Å². The number of hydrogen-bond donors (Lipinski definition) is 1. The Hall–Kier alpha value is -1.66. The summed E-state index contributed by atoms with van der Waals surface area (Å²) in [6.45, 7) is 9.83. The van der Waals surface area contributed by atoms with Crippen molar-refractivity contribution in [2.75, 3.05) is 37.6 Å². The lowest BCUT2D eigenvalue weighted by atomic mass is 9.53. The van der Waals surface area contributed by atoms with Gasteiger partial charge in [0.25, 0.3) is 5.82 Å². The number of H-pyrrole nitrogens is 1. The number of pyridine rings is 1. The topological polar surface area (TPSA) is 60.7 Å². The standard InChI is InChI=1S/C24H33N3O3/c1-16-6-5-8-23(2)14-18-20(21-24(16,23)30-21)17(22(28)29-18)15-26-10-12-27(13-11-26)19-7-3-4-9-25-19/h3-4,7,9,16-18,20-21H,5-6,8,10-15H2,1-2H3/p+2/t16-,17+,18+,20+,21+,23+,24+/m0/s1. The van der Waals surface area contributed by atoms with Crippen LogP contribution in [0, 0.1) is 23.2 Å². The molecule has 30 heavy (non-hydrogen) atoms. The summed E-state index contributed by atoms with van der Waals surface area (Å²) in [6.07, 6.45) is 7.02. The molecule has 1 aromatic rings. The highest BCUT2D eigenvalue weighted by Gasteiger charge is 2.78. The van der Waals surface area contributed by atoms with Crippen molar-refractivity contribution in [2.45, 2.75) is 57.3 Å². The first-order chi connectivity index (χ1) is 14.5. The maximum atomic E-state index is 12.9. The number of esters is 1. The normalized spacial score (nSPS) is 45.3. The molecule has 2 N–H and O–H groups in total. The second-order valence-electron chi connectivity index (χ2n) is 10.7. The maximum Gasteiger partial charge on any atom is 0.315 e. The van der Waals surface area contributed by atoms with Crippen molar-refractivity contribution in [2.24, 2.45) is 23.2 Å². The number of anilines is 1. The lowest BCUT2D eigenvalue weighted by molar-refractivity contribution is -0.903. The molecule has 2 saturated carbocycles. The molecule has 3 saturated heterocycles. The Balaban J connectivity index is 1.15. The molecule has 1 spiro atoms. The number of carbonyl (C=O) groups excluding carboxylic acids is 1. The molecule has 1 aromatic heterocycles. The second-order valence-corrected chi connectivity index (χ2v) is 10.7. The number of hydrogen-bond acceptors (Lipinski definition) is 4. The molecule has 0 radical (unpaired) electrons. The number of piperazine rings is 1. The first-order valence-corrected chi connectivity index (χ1v) is 12.0. The number of epoxide rings is 1. The highest BCUT2D eigenvalue weighted by molar-refractivity contribution is 5.76. The number of aromatic amines is 1. The number of rotatable bonds is 3. The molecule has 6 nitrogen and oxygen atoms in total. The van der Waals surface area contributed by atoms with Gasteiger partial charge in [0, 0.05) is 17.4 Å². The predicted molar refractivity (Wildman–Crippen MR) is 111 cm³/mol. The van der Waals surface area contributed by atoms with Crippen LogP contribution in [0.3, 0.4) is 0 Å². The zero-order chi connectivity index (χ0) is 20.5. The molecule has 6 rings (SSSR count). The first kappa shape index (κ1) is 19.1. The van der Waals surface area contributed by atoms with Gasteiger partial charge in [-0.2, -0.15) is 0 Å². The summed E-state index contributed by atoms with van der Waals surface area (Å²) < 4.78 is 12.6. The van der Waals surface area contributed by atoms with Crippen LogP contribution in [0.15, 0.2) is 24.4 Å². The third-order valence-corrected chi connectivity index (χ3v) is 9.21. The summed E-state index contributed by atoms with van der Waals surface area (Å²) in [4.78, 5) is 20.2. The van der Waals surface area contributed by atoms with Gasteiger partial charge in [0.1, 0.15) is 43.8 Å². The molecular formula is C24H35N3O3+2. The summed E-state index contributed by atoms with van der Waals surface area (Å²) in [5, 5.41) is 0. The first-order valence-electron chi connectivity index (χ1n) is 12.0. The number of ether oxygens (including phenoxy) is 2. The van der Waals surface area contributed by atoms with Gasteiger partial charge >= 0.3 is 5.97 Å². The number of aromatic nitrogens is 1. The fourth-order valence-electron chi connectivity index (χ4n) is 7.63. The third kappa shape index (κ3) is 2.62. The molecule has 5 fully saturated rings. The lowest BCUT2D eigenvalue weighted by Gasteiger charge is -2.48. The molecule has 5 aliphatic rings. The van der Waals surface area contributed by atoms with E-state index in [0.29, 0.717) is 5.92 Å². The molecule has 2 aliphatic carbocycles. The molecule has 0 amide bonds. The average Bonchev–Trinajstić information content (AvgIpc) is 3.44. The highest BCUT2D eigenvalue weighted by Crippen LogP contribution is 2.70. The van der Waals surface area contributed by atoms with Gasteiger partial charge in [-0.25, -0.2) is 4.98 Å². The van der Waals surface area contributed by atoms with Crippen LogP contribution in [0.4, 0.5) is 5.82 Å². The van der Waals surface area contributed by atoms with E-state index in [2.05, 4.69) is 35.9 Å². The zero-order valence-corrected chi connectivity index (χ0v) is 18.2. The van der Waals surface area contributed by atoms with Gasteiger partial charge in [0.2, 0.25) is 0 Å². The minimum atomic E-state index is 0.00268. The number of quaternary nitrogens is 1. The Kier molecular flexibility index (Phi) is 4.24. The van der Waals surface area contributed by atoms with Gasteiger partial charge in [-0.1, -0.05) is 26.3 Å². The van der Waals surface area contributed by atoms with Crippen LogP contribution in [-0.4, -0.2) is 56.5 Å². The van der Waals surface area contributed by atoms with Crippen molar-refractivity contribution in [3.8, 4) is 0 Å². The van der Waals surface area contributed by atoms with E-state index < -0.39 is 0 Å². The zero-order valence-electron chi connectivity index (χ0n) is 18.2. The van der Waals surface area contributed by atoms with Crippen LogP contribution < -0.4 is 14.8 Å². The Labute approximate surface area is 178 Å². The molecule has 0 unspecified atom stereocenters. The highest BCUT2D eigenvalue weighted by atomic mass is 16.6. The summed E-state index contributed by atoms with van der Waals surface area (Å²) in [5.74, 6) is 2.08. The van der Waals surface area contributed by atoms with E-state index in [1.165, 1.54) is 30.0 Å². The fourth-order valence-corrected chi connectivity index (χ4v) is 7.63. The van der Waals surface area contributed by atoms with Gasteiger partial charge in [-0.15, -0.1) is 0 Å². The van der Waals surface area contributed by atoms with Gasteiger partial charge < -0.3 is 14.4 Å². The quantitative estimate of drug-likeness (QED) is 0.586. The molecule has 6 heteroatoms. The van der Waals surface area contributed by atoms with Crippen LogP contribution >= 0.6 is 0 Å². The van der Waals surface area contributed by atoms with Crippen molar-refractivity contribution >= 4 is 11.8 Å². The van der Waals surface area contributed by atoms with Crippen molar-refractivity contribution in [1.29, 1.82) is 0 Å². The fraction of sp³-hybridized carbons (Fsp3) is 0.750. The summed E-state index contributed by atoms with van der Waals surface area (Å²) in [7, 11) is 0. The van der Waals surface area contributed by atoms with Crippen molar-refractivity contribution in [3.63, 3.8) is 0 Å². The van der Waals surface area contributed by atoms with E-state index in [0.717, 1.165) is 39.1 Å². The molecule has 0 aromatic carbocycles. The minimum Gasteiger partial charge on any atom is -0.462 e. The van der Waals surface area contributed by atoms with Gasteiger partial charge in [-0.3, -0.25) is 9.69 Å². The largest absolute Gasteiger partial charge is 0.462 e. The van der Waals surface area contributed by atoms with Crippen molar-refractivity contribution in [1.82, 2.24) is 0 Å². The number of nitrogens with one attached hydrogen (secondary N) is 2. The van der Waals surface area contributed by atoms with Crippen LogP contribution in [-0.2, 0) is 14.3 Å². The smallest absolute Gasteiger partial charge is 0.315 e. The summed E-state index contributed by atoms with van der Waals surface area (Å²) in [6, 6.07) is 6.23. The molecular weight excluding hydrogens is 378 g/mol.